The highest BCUT2D eigenvalue weighted by Gasteiger charge is 2.45. The number of carbonyl (C=O) groups excluding carboxylic acids is 1. The average molecular weight is 591 g/mol. The van der Waals surface area contributed by atoms with Crippen LogP contribution in [0.3, 0.4) is 0 Å². The van der Waals surface area contributed by atoms with Crippen molar-refractivity contribution in [3.63, 3.8) is 0 Å². The molecule has 0 bridgehead atoms. The van der Waals surface area contributed by atoms with Crippen LogP contribution in [0.1, 0.15) is 41.4 Å². The Morgan fingerprint density at radius 1 is 1.17 bits per heavy atom. The van der Waals surface area contributed by atoms with E-state index in [2.05, 4.69) is 15.6 Å². The van der Waals surface area contributed by atoms with Gasteiger partial charge in [0.2, 0.25) is 0 Å². The van der Waals surface area contributed by atoms with E-state index in [9.17, 15) is 22.4 Å². The van der Waals surface area contributed by atoms with Crippen molar-refractivity contribution in [3.05, 3.63) is 71.2 Å². The number of ether oxygens (including phenoxy) is 2. The molecule has 3 aromatic rings. The molecule has 4 rings (SSSR count). The first-order valence-corrected chi connectivity index (χ1v) is 13.5. The molecular weight excluding hydrogens is 556 g/mol. The van der Waals surface area contributed by atoms with Gasteiger partial charge in [0.25, 0.3) is 5.91 Å². The van der Waals surface area contributed by atoms with Crippen molar-refractivity contribution in [2.45, 2.75) is 31.5 Å². The number of nitrogens with zero attached hydrogens (tertiary/aromatic N) is 2. The number of fused-ring (bicyclic) bond motifs is 1. The number of nitrogens with one attached hydrogen (secondary N) is 2. The third-order valence-corrected chi connectivity index (χ3v) is 7.22. The van der Waals surface area contributed by atoms with E-state index in [1.54, 1.807) is 0 Å². The summed E-state index contributed by atoms with van der Waals surface area (Å²) < 4.78 is 68.0. The molecule has 0 saturated heterocycles. The summed E-state index contributed by atoms with van der Waals surface area (Å²) in [7, 11) is 3.20. The van der Waals surface area contributed by atoms with Crippen molar-refractivity contribution in [1.29, 1.82) is 0 Å². The van der Waals surface area contributed by atoms with E-state index in [1.165, 1.54) is 55.6 Å². The van der Waals surface area contributed by atoms with Gasteiger partial charge in [0.1, 0.15) is 18.3 Å². The Hall–Kier alpha value is -3.90. The van der Waals surface area contributed by atoms with Gasteiger partial charge < -0.3 is 30.1 Å². The number of pyridine rings is 1. The summed E-state index contributed by atoms with van der Waals surface area (Å²) in [6.07, 6.45) is -4.74. The lowest BCUT2D eigenvalue weighted by Crippen LogP contribution is -2.43. The second-order valence-electron chi connectivity index (χ2n) is 10.3. The molecule has 2 aromatic carbocycles. The Morgan fingerprint density at radius 3 is 2.50 bits per heavy atom. The maximum Gasteiger partial charge on any atom is 0.398 e. The SMILES string of the molecule is CCN[C@]1(C)CN(C)c2c1cc(C(CNC(=O)c1ccc(OCCO)c(OC)c1)C(F)(F)F)nc2-c1ccc(F)cc1. The number of aromatic nitrogens is 1. The molecule has 226 valence electrons. The third-order valence-electron chi connectivity index (χ3n) is 7.22. The van der Waals surface area contributed by atoms with Crippen LogP contribution >= 0.6 is 0 Å². The zero-order chi connectivity index (χ0) is 30.7. The Kier molecular flexibility index (Phi) is 9.27. The van der Waals surface area contributed by atoms with Crippen molar-refractivity contribution >= 4 is 11.6 Å². The lowest BCUT2D eigenvalue weighted by atomic mass is 9.90. The van der Waals surface area contributed by atoms with Gasteiger partial charge in [0.05, 0.1) is 36.3 Å². The van der Waals surface area contributed by atoms with Crippen LogP contribution < -0.4 is 25.0 Å². The Balaban J connectivity index is 1.72. The number of methoxy groups -OCH3 is 1. The first-order valence-electron chi connectivity index (χ1n) is 13.5. The molecule has 0 spiro atoms. The molecule has 2 atom stereocenters. The Labute approximate surface area is 241 Å². The minimum Gasteiger partial charge on any atom is -0.493 e. The summed E-state index contributed by atoms with van der Waals surface area (Å²) in [5, 5.41) is 14.8. The first-order chi connectivity index (χ1) is 19.9. The second kappa shape index (κ2) is 12.5. The summed E-state index contributed by atoms with van der Waals surface area (Å²) in [6, 6.07) is 11.1. The highest BCUT2D eigenvalue weighted by molar-refractivity contribution is 5.95. The fraction of sp³-hybridized carbons (Fsp3) is 0.400. The average Bonchev–Trinajstić information content (AvgIpc) is 3.20. The van der Waals surface area contributed by atoms with Gasteiger partial charge in [-0.3, -0.25) is 4.79 Å². The predicted molar refractivity (Wildman–Crippen MR) is 151 cm³/mol. The van der Waals surface area contributed by atoms with Crippen molar-refractivity contribution < 1.29 is 36.9 Å². The number of carbonyl (C=O) groups is 1. The van der Waals surface area contributed by atoms with Gasteiger partial charge in [-0.2, -0.15) is 13.2 Å². The number of likely N-dealkylation sites (N-methyl/N-ethyl adjacent to an activating group) is 2. The van der Waals surface area contributed by atoms with Crippen LogP contribution in [0, 0.1) is 5.82 Å². The lowest BCUT2D eigenvalue weighted by Gasteiger charge is -2.27. The van der Waals surface area contributed by atoms with Crippen LogP contribution in [-0.2, 0) is 5.54 Å². The monoisotopic (exact) mass is 590 g/mol. The predicted octanol–water partition coefficient (Wildman–Crippen LogP) is 4.62. The number of benzene rings is 2. The zero-order valence-electron chi connectivity index (χ0n) is 23.8. The minimum atomic E-state index is -4.74. The van der Waals surface area contributed by atoms with Gasteiger partial charge in [-0.15, -0.1) is 0 Å². The van der Waals surface area contributed by atoms with E-state index in [1.807, 2.05) is 25.8 Å². The van der Waals surface area contributed by atoms with Gasteiger partial charge in [-0.25, -0.2) is 9.37 Å². The quantitative estimate of drug-likeness (QED) is 0.281. The van der Waals surface area contributed by atoms with Gasteiger partial charge in [0, 0.05) is 36.8 Å². The van der Waals surface area contributed by atoms with Crippen molar-refractivity contribution in [2.75, 3.05) is 51.9 Å². The Morgan fingerprint density at radius 2 is 1.88 bits per heavy atom. The molecule has 1 aliphatic rings. The van der Waals surface area contributed by atoms with E-state index < -0.39 is 35.9 Å². The molecular formula is C30H34F4N4O4. The molecule has 42 heavy (non-hydrogen) atoms. The van der Waals surface area contributed by atoms with E-state index in [4.69, 9.17) is 14.6 Å². The molecule has 1 aromatic heterocycles. The standard InChI is InChI=1S/C30H34F4N4O4/c1-5-36-29(2)17-38(3)27-21(29)15-23(37-26(27)18-6-9-20(31)10-7-18)22(30(32,33)34)16-35-28(40)19-8-11-24(42-13-12-39)25(14-19)41-4/h6-11,14-15,22,36,39H,5,12-13,16-17H2,1-4H3,(H,35,40)/t22?,29-/m1/s1. The highest BCUT2D eigenvalue weighted by Crippen LogP contribution is 2.46. The number of halogens is 4. The maximum absolute atomic E-state index is 14.6. The molecule has 1 amide bonds. The fourth-order valence-electron chi connectivity index (χ4n) is 5.30. The van der Waals surface area contributed by atoms with Gasteiger partial charge in [0.15, 0.2) is 11.5 Å². The summed E-state index contributed by atoms with van der Waals surface area (Å²) in [5.74, 6) is -2.87. The summed E-state index contributed by atoms with van der Waals surface area (Å²) in [5.41, 5.74) is 1.22. The number of hydrogen-bond acceptors (Lipinski definition) is 7. The van der Waals surface area contributed by atoms with Crippen LogP contribution in [0.4, 0.5) is 23.2 Å². The molecule has 0 fully saturated rings. The molecule has 2 heterocycles. The van der Waals surface area contributed by atoms with Crippen LogP contribution in [0.15, 0.2) is 48.5 Å². The van der Waals surface area contributed by atoms with E-state index >= 15 is 0 Å². The van der Waals surface area contributed by atoms with Crippen LogP contribution in [0.2, 0.25) is 0 Å². The number of rotatable bonds is 11. The number of amides is 1. The third kappa shape index (κ3) is 6.44. The van der Waals surface area contributed by atoms with Gasteiger partial charge in [-0.05, 0) is 62.0 Å². The second-order valence-corrected chi connectivity index (χ2v) is 10.3. The number of anilines is 1. The molecule has 0 saturated carbocycles. The molecule has 12 heteroatoms. The Bertz CT molecular complexity index is 1420. The summed E-state index contributed by atoms with van der Waals surface area (Å²) in [6.45, 7) is 3.92. The van der Waals surface area contributed by atoms with E-state index in [0.717, 1.165) is 0 Å². The normalized spacial score (nSPS) is 17.1. The van der Waals surface area contributed by atoms with Crippen LogP contribution in [-0.4, -0.2) is 69.2 Å². The largest absolute Gasteiger partial charge is 0.493 e. The van der Waals surface area contributed by atoms with Crippen molar-refractivity contribution in [2.24, 2.45) is 0 Å². The van der Waals surface area contributed by atoms with Crippen molar-refractivity contribution in [1.82, 2.24) is 15.6 Å². The number of hydrogen-bond donors (Lipinski definition) is 3. The molecule has 3 N–H and O–H groups in total. The molecule has 1 aliphatic heterocycles. The van der Waals surface area contributed by atoms with Crippen molar-refractivity contribution in [3.8, 4) is 22.8 Å². The smallest absolute Gasteiger partial charge is 0.398 e. The minimum absolute atomic E-state index is 0.00542. The number of aliphatic hydroxyl groups is 1. The topological polar surface area (TPSA) is 96.0 Å². The highest BCUT2D eigenvalue weighted by atomic mass is 19.4. The molecule has 8 nitrogen and oxygen atoms in total. The molecule has 0 radical (unpaired) electrons. The molecule has 0 aliphatic carbocycles. The zero-order valence-corrected chi connectivity index (χ0v) is 23.8. The lowest BCUT2D eigenvalue weighted by molar-refractivity contribution is -0.149. The van der Waals surface area contributed by atoms with Gasteiger partial charge >= 0.3 is 6.18 Å². The maximum atomic E-state index is 14.6. The number of aliphatic hydroxyl groups excluding tert-OH is 1. The van der Waals surface area contributed by atoms with Crippen LogP contribution in [0.5, 0.6) is 11.5 Å². The fourth-order valence-corrected chi connectivity index (χ4v) is 5.30. The number of alkyl halides is 3. The summed E-state index contributed by atoms with van der Waals surface area (Å²) in [4.78, 5) is 19.4. The van der Waals surface area contributed by atoms with E-state index in [-0.39, 0.29) is 36.0 Å². The van der Waals surface area contributed by atoms with E-state index in [0.29, 0.717) is 35.6 Å². The van der Waals surface area contributed by atoms with Gasteiger partial charge in [-0.1, -0.05) is 6.92 Å². The van der Waals surface area contributed by atoms with Crippen LogP contribution in [0.25, 0.3) is 11.3 Å². The summed E-state index contributed by atoms with van der Waals surface area (Å²) >= 11 is 0. The molecule has 1 unspecified atom stereocenters. The first kappa shape index (κ1) is 31.0.